The predicted molar refractivity (Wildman–Crippen MR) is 98.3 cm³/mol. The van der Waals surface area contributed by atoms with E-state index in [0.29, 0.717) is 29.4 Å². The van der Waals surface area contributed by atoms with Gasteiger partial charge in [-0.2, -0.15) is 0 Å². The van der Waals surface area contributed by atoms with E-state index >= 15 is 0 Å². The van der Waals surface area contributed by atoms with Crippen LogP contribution in [0.1, 0.15) is 21.8 Å². The SMILES string of the molecule is COc1ccc(Cl)cc1C(=O)N1C[C@@H](N)[C@H](c2ccccc2)C1.Cl. The molecule has 6 heteroatoms. The second-order valence-electron chi connectivity index (χ2n) is 5.74. The van der Waals surface area contributed by atoms with Gasteiger partial charge in [-0.3, -0.25) is 4.79 Å². The summed E-state index contributed by atoms with van der Waals surface area (Å²) in [5, 5.41) is 0.511. The molecule has 4 nitrogen and oxygen atoms in total. The van der Waals surface area contributed by atoms with Crippen molar-refractivity contribution in [3.63, 3.8) is 0 Å². The number of rotatable bonds is 3. The molecule has 0 radical (unpaired) electrons. The highest BCUT2D eigenvalue weighted by Crippen LogP contribution is 2.30. The Balaban J connectivity index is 0.00000208. The van der Waals surface area contributed by atoms with Gasteiger partial charge in [0.25, 0.3) is 5.91 Å². The quantitative estimate of drug-likeness (QED) is 0.905. The maximum Gasteiger partial charge on any atom is 0.257 e. The second-order valence-corrected chi connectivity index (χ2v) is 6.17. The molecule has 1 aliphatic rings. The van der Waals surface area contributed by atoms with Gasteiger partial charge in [-0.25, -0.2) is 0 Å². The standard InChI is InChI=1S/C18H19ClN2O2.ClH/c1-23-17-8-7-13(19)9-14(17)18(22)21-10-15(16(20)11-21)12-5-3-2-4-6-12;/h2-9,15-16H,10-11,20H2,1H3;1H/t15-,16+;/m0./s1. The first kappa shape index (κ1) is 18.6. The molecular formula is C18H20Cl2N2O2. The van der Waals surface area contributed by atoms with E-state index < -0.39 is 0 Å². The van der Waals surface area contributed by atoms with Crippen molar-refractivity contribution in [3.8, 4) is 5.75 Å². The second kappa shape index (κ2) is 7.88. The fourth-order valence-corrected chi connectivity index (χ4v) is 3.24. The highest BCUT2D eigenvalue weighted by molar-refractivity contribution is 6.31. The highest BCUT2D eigenvalue weighted by atomic mass is 35.5. The fourth-order valence-electron chi connectivity index (χ4n) is 3.07. The van der Waals surface area contributed by atoms with Crippen LogP contribution in [0.25, 0.3) is 0 Å². The Morgan fingerprint density at radius 1 is 1.21 bits per heavy atom. The van der Waals surface area contributed by atoms with Gasteiger partial charge in [0.1, 0.15) is 5.75 Å². The molecule has 3 rings (SSSR count). The van der Waals surface area contributed by atoms with E-state index in [0.717, 1.165) is 5.56 Å². The van der Waals surface area contributed by atoms with E-state index in [2.05, 4.69) is 12.1 Å². The van der Waals surface area contributed by atoms with Gasteiger partial charge in [-0.05, 0) is 23.8 Å². The van der Waals surface area contributed by atoms with Gasteiger partial charge in [-0.15, -0.1) is 12.4 Å². The average Bonchev–Trinajstić information content (AvgIpc) is 2.97. The number of nitrogens with two attached hydrogens (primary N) is 1. The lowest BCUT2D eigenvalue weighted by Gasteiger charge is -2.18. The van der Waals surface area contributed by atoms with Crippen molar-refractivity contribution in [2.45, 2.75) is 12.0 Å². The van der Waals surface area contributed by atoms with Crippen LogP contribution in [0.3, 0.4) is 0 Å². The summed E-state index contributed by atoms with van der Waals surface area (Å²) in [6, 6.07) is 15.1. The van der Waals surface area contributed by atoms with Gasteiger partial charge in [0.05, 0.1) is 12.7 Å². The molecule has 1 heterocycles. The molecule has 1 aliphatic heterocycles. The molecule has 0 aliphatic carbocycles. The first-order valence-electron chi connectivity index (χ1n) is 7.53. The van der Waals surface area contributed by atoms with E-state index in [-0.39, 0.29) is 30.3 Å². The third-order valence-corrected chi connectivity index (χ3v) is 4.51. The van der Waals surface area contributed by atoms with Crippen LogP contribution in [0.15, 0.2) is 48.5 Å². The number of hydrogen-bond acceptors (Lipinski definition) is 3. The summed E-state index contributed by atoms with van der Waals surface area (Å²) < 4.78 is 5.28. The number of halogens is 2. The number of likely N-dealkylation sites (tertiary alicyclic amines) is 1. The molecule has 1 saturated heterocycles. The van der Waals surface area contributed by atoms with Gasteiger partial charge >= 0.3 is 0 Å². The van der Waals surface area contributed by atoms with Gasteiger partial charge in [0, 0.05) is 30.1 Å². The summed E-state index contributed by atoms with van der Waals surface area (Å²) in [4.78, 5) is 14.6. The first-order chi connectivity index (χ1) is 11.1. The van der Waals surface area contributed by atoms with Crippen LogP contribution in [0.4, 0.5) is 0 Å². The minimum atomic E-state index is -0.0989. The summed E-state index contributed by atoms with van der Waals surface area (Å²) >= 11 is 6.03. The Bertz CT molecular complexity index is 709. The van der Waals surface area contributed by atoms with Gasteiger partial charge in [0.15, 0.2) is 0 Å². The molecule has 2 atom stereocenters. The molecule has 2 aromatic carbocycles. The molecule has 0 aromatic heterocycles. The molecule has 2 N–H and O–H groups in total. The molecule has 128 valence electrons. The van der Waals surface area contributed by atoms with Crippen molar-refractivity contribution in [1.29, 1.82) is 0 Å². The molecule has 1 fully saturated rings. The molecule has 0 unspecified atom stereocenters. The monoisotopic (exact) mass is 366 g/mol. The molecular weight excluding hydrogens is 347 g/mol. The Kier molecular flexibility index (Phi) is 6.10. The minimum absolute atomic E-state index is 0. The smallest absolute Gasteiger partial charge is 0.257 e. The predicted octanol–water partition coefficient (Wildman–Crippen LogP) is 3.34. The molecule has 1 amide bonds. The van der Waals surface area contributed by atoms with Crippen LogP contribution in [0.2, 0.25) is 5.02 Å². The highest BCUT2D eigenvalue weighted by Gasteiger charge is 2.35. The fraction of sp³-hybridized carbons (Fsp3) is 0.278. The summed E-state index contributed by atoms with van der Waals surface area (Å²) in [5.74, 6) is 0.569. The molecule has 24 heavy (non-hydrogen) atoms. The Morgan fingerprint density at radius 2 is 1.92 bits per heavy atom. The van der Waals surface area contributed by atoms with E-state index in [9.17, 15) is 4.79 Å². The lowest BCUT2D eigenvalue weighted by Crippen LogP contribution is -2.32. The van der Waals surface area contributed by atoms with Gasteiger partial charge in [-0.1, -0.05) is 41.9 Å². The van der Waals surface area contributed by atoms with Crippen molar-refractivity contribution in [2.24, 2.45) is 5.73 Å². The number of carbonyl (C=O) groups excluding carboxylic acids is 1. The van der Waals surface area contributed by atoms with Crippen molar-refractivity contribution >= 4 is 29.9 Å². The largest absolute Gasteiger partial charge is 0.496 e. The third-order valence-electron chi connectivity index (χ3n) is 4.27. The minimum Gasteiger partial charge on any atom is -0.496 e. The summed E-state index contributed by atoms with van der Waals surface area (Å²) in [7, 11) is 1.54. The van der Waals surface area contributed by atoms with E-state index in [4.69, 9.17) is 22.1 Å². The third kappa shape index (κ3) is 3.66. The normalized spacial score (nSPS) is 19.7. The van der Waals surface area contributed by atoms with Gasteiger partial charge < -0.3 is 15.4 Å². The zero-order valence-electron chi connectivity index (χ0n) is 13.3. The van der Waals surface area contributed by atoms with Crippen LogP contribution < -0.4 is 10.5 Å². The number of methoxy groups -OCH3 is 1. The number of hydrogen-bond donors (Lipinski definition) is 1. The Labute approximate surface area is 153 Å². The first-order valence-corrected chi connectivity index (χ1v) is 7.91. The van der Waals surface area contributed by atoms with Crippen molar-refractivity contribution in [2.75, 3.05) is 20.2 Å². The molecule has 2 aromatic rings. The number of amides is 1. The average molecular weight is 367 g/mol. The van der Waals surface area contributed by atoms with E-state index in [1.807, 2.05) is 18.2 Å². The van der Waals surface area contributed by atoms with Gasteiger partial charge in [0.2, 0.25) is 0 Å². The van der Waals surface area contributed by atoms with Crippen molar-refractivity contribution in [1.82, 2.24) is 4.90 Å². The Hall–Kier alpha value is -1.75. The zero-order chi connectivity index (χ0) is 16.4. The van der Waals surface area contributed by atoms with Crippen LogP contribution >= 0.6 is 24.0 Å². The van der Waals surface area contributed by atoms with E-state index in [1.54, 1.807) is 30.2 Å². The van der Waals surface area contributed by atoms with E-state index in [1.165, 1.54) is 0 Å². The molecule has 0 bridgehead atoms. The van der Waals surface area contributed by atoms with Crippen LogP contribution in [0.5, 0.6) is 5.75 Å². The van der Waals surface area contributed by atoms with Crippen LogP contribution in [-0.2, 0) is 0 Å². The summed E-state index contributed by atoms with van der Waals surface area (Å²) in [6.07, 6.45) is 0. The molecule has 0 spiro atoms. The summed E-state index contributed by atoms with van der Waals surface area (Å²) in [5.41, 5.74) is 7.90. The number of carbonyl (C=O) groups is 1. The lowest BCUT2D eigenvalue weighted by atomic mass is 9.95. The van der Waals surface area contributed by atoms with Crippen molar-refractivity contribution < 1.29 is 9.53 Å². The maximum absolute atomic E-state index is 12.8. The number of ether oxygens (including phenoxy) is 1. The van der Waals surface area contributed by atoms with Crippen LogP contribution in [-0.4, -0.2) is 37.0 Å². The Morgan fingerprint density at radius 3 is 2.58 bits per heavy atom. The van der Waals surface area contributed by atoms with Crippen LogP contribution in [0, 0.1) is 0 Å². The lowest BCUT2D eigenvalue weighted by molar-refractivity contribution is 0.0786. The zero-order valence-corrected chi connectivity index (χ0v) is 14.9. The maximum atomic E-state index is 12.8. The topological polar surface area (TPSA) is 55.6 Å². The summed E-state index contributed by atoms with van der Waals surface area (Å²) in [6.45, 7) is 1.12. The number of nitrogens with zero attached hydrogens (tertiary/aromatic N) is 1. The molecule has 0 saturated carbocycles. The number of benzene rings is 2. The van der Waals surface area contributed by atoms with Crippen molar-refractivity contribution in [3.05, 3.63) is 64.7 Å².